The van der Waals surface area contributed by atoms with Crippen molar-refractivity contribution in [3.8, 4) is 0 Å². The van der Waals surface area contributed by atoms with E-state index in [9.17, 15) is 4.79 Å². The van der Waals surface area contributed by atoms with Crippen LogP contribution in [0.1, 0.15) is 46.0 Å². The summed E-state index contributed by atoms with van der Waals surface area (Å²) >= 11 is 0. The molecule has 0 saturated carbocycles. The summed E-state index contributed by atoms with van der Waals surface area (Å²) < 4.78 is 5.50. The first-order valence-corrected chi connectivity index (χ1v) is 6.19. The molecule has 0 amide bonds. The SMILES string of the molecule is CCCC(CCC)OC(=O)C1=CC[CH]C=C1. The quantitative estimate of drug-likeness (QED) is 0.641. The molecule has 0 aromatic heterocycles. The van der Waals surface area contributed by atoms with Crippen molar-refractivity contribution < 1.29 is 9.53 Å². The van der Waals surface area contributed by atoms with Crippen molar-refractivity contribution in [1.29, 1.82) is 0 Å². The topological polar surface area (TPSA) is 26.3 Å². The van der Waals surface area contributed by atoms with Crippen LogP contribution < -0.4 is 0 Å². The first kappa shape index (κ1) is 13.0. The molecule has 2 heteroatoms. The fraction of sp³-hybridized carbons (Fsp3) is 0.571. The number of ether oxygens (including phenoxy) is 1. The molecular weight excluding hydrogens is 200 g/mol. The van der Waals surface area contributed by atoms with E-state index >= 15 is 0 Å². The van der Waals surface area contributed by atoms with Crippen molar-refractivity contribution in [2.24, 2.45) is 0 Å². The van der Waals surface area contributed by atoms with Gasteiger partial charge in [0.25, 0.3) is 0 Å². The summed E-state index contributed by atoms with van der Waals surface area (Å²) in [5, 5.41) is 0. The van der Waals surface area contributed by atoms with Crippen LogP contribution in [0.4, 0.5) is 0 Å². The molecule has 0 aliphatic heterocycles. The third-order valence-electron chi connectivity index (χ3n) is 2.62. The molecule has 0 unspecified atom stereocenters. The molecule has 0 bridgehead atoms. The maximum atomic E-state index is 11.8. The predicted molar refractivity (Wildman–Crippen MR) is 65.8 cm³/mol. The zero-order valence-electron chi connectivity index (χ0n) is 10.2. The van der Waals surface area contributed by atoms with E-state index in [1.54, 1.807) is 0 Å². The number of esters is 1. The lowest BCUT2D eigenvalue weighted by atomic mass is 10.1. The molecule has 1 aliphatic carbocycles. The molecule has 1 aliphatic rings. The smallest absolute Gasteiger partial charge is 0.338 e. The average molecular weight is 221 g/mol. The molecule has 0 aromatic carbocycles. The predicted octanol–water partition coefficient (Wildman–Crippen LogP) is 3.59. The summed E-state index contributed by atoms with van der Waals surface area (Å²) in [5.74, 6) is -0.170. The van der Waals surface area contributed by atoms with E-state index in [2.05, 4.69) is 13.8 Å². The molecule has 16 heavy (non-hydrogen) atoms. The number of hydrogen-bond acceptors (Lipinski definition) is 2. The maximum Gasteiger partial charge on any atom is 0.338 e. The maximum absolute atomic E-state index is 11.8. The summed E-state index contributed by atoms with van der Waals surface area (Å²) in [5.41, 5.74) is 0.694. The Kier molecular flexibility index (Phi) is 5.91. The van der Waals surface area contributed by atoms with Crippen molar-refractivity contribution in [1.82, 2.24) is 0 Å². The first-order valence-electron chi connectivity index (χ1n) is 6.19. The van der Waals surface area contributed by atoms with E-state index in [0.717, 1.165) is 32.1 Å². The Hall–Kier alpha value is -1.05. The normalized spacial score (nSPS) is 15.1. The van der Waals surface area contributed by atoms with Gasteiger partial charge in [-0.1, -0.05) is 44.9 Å². The van der Waals surface area contributed by atoms with Crippen LogP contribution in [-0.4, -0.2) is 12.1 Å². The molecular formula is C14H21O2. The van der Waals surface area contributed by atoms with Gasteiger partial charge < -0.3 is 4.74 Å². The number of hydrogen-bond donors (Lipinski definition) is 0. The van der Waals surface area contributed by atoms with E-state index in [4.69, 9.17) is 4.74 Å². The van der Waals surface area contributed by atoms with E-state index in [1.165, 1.54) is 0 Å². The highest BCUT2D eigenvalue weighted by molar-refractivity contribution is 5.92. The Morgan fingerprint density at radius 1 is 1.38 bits per heavy atom. The lowest BCUT2D eigenvalue weighted by Crippen LogP contribution is -2.19. The second kappa shape index (κ2) is 7.26. The molecule has 89 valence electrons. The van der Waals surface area contributed by atoms with Crippen LogP contribution in [0.25, 0.3) is 0 Å². The highest BCUT2D eigenvalue weighted by Crippen LogP contribution is 2.15. The molecule has 1 radical (unpaired) electrons. The summed E-state index contributed by atoms with van der Waals surface area (Å²) in [4.78, 5) is 11.8. The molecule has 0 spiro atoms. The summed E-state index contributed by atoms with van der Waals surface area (Å²) in [6.45, 7) is 4.23. The van der Waals surface area contributed by atoms with Crippen LogP contribution in [0.3, 0.4) is 0 Å². The molecule has 0 heterocycles. The molecule has 2 nitrogen and oxygen atoms in total. The van der Waals surface area contributed by atoms with Crippen LogP contribution >= 0.6 is 0 Å². The second-order valence-corrected chi connectivity index (χ2v) is 4.09. The summed E-state index contributed by atoms with van der Waals surface area (Å²) in [6, 6.07) is 0. The largest absolute Gasteiger partial charge is 0.459 e. The molecule has 0 saturated heterocycles. The monoisotopic (exact) mass is 221 g/mol. The molecule has 0 aromatic rings. The van der Waals surface area contributed by atoms with Crippen molar-refractivity contribution in [3.05, 3.63) is 30.2 Å². The van der Waals surface area contributed by atoms with Crippen LogP contribution in [0.2, 0.25) is 0 Å². The zero-order chi connectivity index (χ0) is 11.8. The lowest BCUT2D eigenvalue weighted by molar-refractivity contribution is -0.144. The summed E-state index contributed by atoms with van der Waals surface area (Å²) in [7, 11) is 0. The zero-order valence-corrected chi connectivity index (χ0v) is 10.2. The molecule has 1 rings (SSSR count). The van der Waals surface area contributed by atoms with E-state index in [0.29, 0.717) is 5.57 Å². The van der Waals surface area contributed by atoms with Crippen molar-refractivity contribution in [3.63, 3.8) is 0 Å². The van der Waals surface area contributed by atoms with Gasteiger partial charge in [0.05, 0.1) is 5.57 Å². The Morgan fingerprint density at radius 2 is 2.06 bits per heavy atom. The Labute approximate surface area is 98.4 Å². The first-order chi connectivity index (χ1) is 7.77. The van der Waals surface area contributed by atoms with Gasteiger partial charge in [0.2, 0.25) is 0 Å². The van der Waals surface area contributed by atoms with Crippen molar-refractivity contribution in [2.45, 2.75) is 52.1 Å². The van der Waals surface area contributed by atoms with Gasteiger partial charge in [-0.05, 0) is 25.7 Å². The summed E-state index contributed by atoms with van der Waals surface area (Å²) in [6.07, 6.45) is 12.6. The van der Waals surface area contributed by atoms with Gasteiger partial charge in [-0.3, -0.25) is 0 Å². The van der Waals surface area contributed by atoms with Gasteiger partial charge in [0.1, 0.15) is 6.10 Å². The fourth-order valence-corrected chi connectivity index (χ4v) is 1.79. The lowest BCUT2D eigenvalue weighted by Gasteiger charge is -2.17. The van der Waals surface area contributed by atoms with Gasteiger partial charge in [-0.2, -0.15) is 0 Å². The van der Waals surface area contributed by atoms with E-state index in [1.807, 2.05) is 24.6 Å². The highest BCUT2D eigenvalue weighted by atomic mass is 16.5. The van der Waals surface area contributed by atoms with E-state index in [-0.39, 0.29) is 12.1 Å². The highest BCUT2D eigenvalue weighted by Gasteiger charge is 2.15. The average Bonchev–Trinajstić information content (AvgIpc) is 2.31. The van der Waals surface area contributed by atoms with Crippen LogP contribution in [0.15, 0.2) is 23.8 Å². The van der Waals surface area contributed by atoms with Crippen LogP contribution in [0, 0.1) is 6.42 Å². The van der Waals surface area contributed by atoms with Crippen molar-refractivity contribution >= 4 is 5.97 Å². The number of carbonyl (C=O) groups excluding carboxylic acids is 1. The Morgan fingerprint density at radius 3 is 2.56 bits per heavy atom. The minimum absolute atomic E-state index is 0.0858. The number of carbonyl (C=O) groups is 1. The Bertz CT molecular complexity index is 270. The fourth-order valence-electron chi connectivity index (χ4n) is 1.79. The molecule has 0 N–H and O–H groups in total. The van der Waals surface area contributed by atoms with Gasteiger partial charge >= 0.3 is 5.97 Å². The second-order valence-electron chi connectivity index (χ2n) is 4.09. The minimum atomic E-state index is -0.170. The number of rotatable bonds is 6. The van der Waals surface area contributed by atoms with Gasteiger partial charge in [0.15, 0.2) is 0 Å². The van der Waals surface area contributed by atoms with Crippen LogP contribution in [0.5, 0.6) is 0 Å². The Balaban J connectivity index is 2.47. The van der Waals surface area contributed by atoms with Crippen molar-refractivity contribution in [2.75, 3.05) is 0 Å². The third kappa shape index (κ3) is 4.21. The van der Waals surface area contributed by atoms with Gasteiger partial charge in [-0.15, -0.1) is 0 Å². The standard InChI is InChI=1S/C14H21O2/c1-3-8-13(9-4-2)16-14(15)12-10-6-5-7-11-12/h5-6,10-11,13H,3-4,7-9H2,1-2H3. The van der Waals surface area contributed by atoms with E-state index < -0.39 is 0 Å². The number of allylic oxidation sites excluding steroid dienone is 2. The molecule has 0 fully saturated rings. The molecule has 0 atom stereocenters. The third-order valence-corrected chi connectivity index (χ3v) is 2.62. The minimum Gasteiger partial charge on any atom is -0.459 e. The van der Waals surface area contributed by atoms with Crippen LogP contribution in [-0.2, 0) is 9.53 Å². The van der Waals surface area contributed by atoms with Gasteiger partial charge in [-0.25, -0.2) is 4.79 Å². The van der Waals surface area contributed by atoms with Gasteiger partial charge in [0, 0.05) is 0 Å².